The summed E-state index contributed by atoms with van der Waals surface area (Å²) in [5.74, 6) is 0.291. The monoisotopic (exact) mass is 403 g/mol. The smallest absolute Gasteiger partial charge is 0.423 e. The molecule has 1 heterocycles. The normalized spacial score (nSPS) is 11.4. The summed E-state index contributed by atoms with van der Waals surface area (Å²) in [5, 5.41) is 0. The van der Waals surface area contributed by atoms with Crippen molar-refractivity contribution in [3.05, 3.63) is 66.4 Å². The lowest BCUT2D eigenvalue weighted by atomic mass is 10.2. The Balaban J connectivity index is 2.01. The highest BCUT2D eigenvalue weighted by molar-refractivity contribution is 5.65. The van der Waals surface area contributed by atoms with Gasteiger partial charge in [-0.15, -0.1) is 0 Å². The van der Waals surface area contributed by atoms with Gasteiger partial charge < -0.3 is 14.4 Å². The van der Waals surface area contributed by atoms with E-state index in [4.69, 9.17) is 9.47 Å². The molecule has 0 N–H and O–H groups in total. The zero-order valence-electron chi connectivity index (χ0n) is 16.1. The molecule has 29 heavy (non-hydrogen) atoms. The van der Waals surface area contributed by atoms with Gasteiger partial charge in [-0.1, -0.05) is 30.3 Å². The lowest BCUT2D eigenvalue weighted by Crippen LogP contribution is -2.18. The molecule has 3 aromatic rings. The molecule has 0 aliphatic rings. The van der Waals surface area contributed by atoms with Gasteiger partial charge >= 0.3 is 6.18 Å². The van der Waals surface area contributed by atoms with E-state index in [0.717, 1.165) is 6.20 Å². The molecule has 0 radical (unpaired) electrons. The molecule has 3 rings (SSSR count). The Morgan fingerprint density at radius 1 is 0.966 bits per heavy atom. The molecule has 1 aromatic heterocycles. The van der Waals surface area contributed by atoms with Crippen molar-refractivity contribution in [2.24, 2.45) is 0 Å². The van der Waals surface area contributed by atoms with E-state index in [0.29, 0.717) is 11.4 Å². The largest absolute Gasteiger partial charge is 0.489 e. The summed E-state index contributed by atoms with van der Waals surface area (Å²) in [6.45, 7) is 3.77. The second-order valence-corrected chi connectivity index (χ2v) is 6.50. The summed E-state index contributed by atoms with van der Waals surface area (Å²) in [7, 11) is 1.65. The van der Waals surface area contributed by atoms with Gasteiger partial charge in [-0.25, -0.2) is 4.98 Å². The van der Waals surface area contributed by atoms with E-state index in [1.807, 2.05) is 19.9 Å². The average Bonchev–Trinajstić information content (AvgIpc) is 2.67. The first-order chi connectivity index (χ1) is 13.8. The van der Waals surface area contributed by atoms with Crippen LogP contribution < -0.4 is 14.4 Å². The maximum atomic E-state index is 13.4. The fourth-order valence-corrected chi connectivity index (χ4v) is 2.59. The maximum absolute atomic E-state index is 13.4. The van der Waals surface area contributed by atoms with E-state index in [2.05, 4.69) is 9.97 Å². The molecule has 0 saturated heterocycles. The van der Waals surface area contributed by atoms with Crippen LogP contribution in [-0.2, 0) is 6.18 Å². The standard InChI is InChI=1S/C21H20F3N3O2/c1-14(2)28-18-12-8-7-11-17(18)27(3)20-25-13-16(21(22,23)24)19(26-20)29-15-9-5-4-6-10-15/h4-14H,1-3H3. The second kappa shape index (κ2) is 8.38. The number of rotatable bonds is 6. The first-order valence-corrected chi connectivity index (χ1v) is 8.92. The highest BCUT2D eigenvalue weighted by Gasteiger charge is 2.37. The molecule has 0 unspecified atom stereocenters. The van der Waals surface area contributed by atoms with Crippen molar-refractivity contribution in [2.45, 2.75) is 26.1 Å². The zero-order chi connectivity index (χ0) is 21.0. The summed E-state index contributed by atoms with van der Waals surface area (Å²) in [6.07, 6.45) is -4.00. The van der Waals surface area contributed by atoms with Gasteiger partial charge in [0, 0.05) is 13.2 Å². The molecule has 0 aliphatic carbocycles. The van der Waals surface area contributed by atoms with Gasteiger partial charge in [0.05, 0.1) is 11.8 Å². The van der Waals surface area contributed by atoms with Gasteiger partial charge in [-0.05, 0) is 38.1 Å². The first kappa shape index (κ1) is 20.4. The van der Waals surface area contributed by atoms with Crippen molar-refractivity contribution in [3.63, 3.8) is 0 Å². The topological polar surface area (TPSA) is 47.5 Å². The molecule has 0 amide bonds. The van der Waals surface area contributed by atoms with Gasteiger partial charge in [0.1, 0.15) is 17.1 Å². The first-order valence-electron chi connectivity index (χ1n) is 8.92. The number of anilines is 2. The molecule has 0 bridgehead atoms. The molecule has 2 aromatic carbocycles. The summed E-state index contributed by atoms with van der Waals surface area (Å²) in [6, 6.07) is 15.3. The third kappa shape index (κ3) is 4.96. The number of aromatic nitrogens is 2. The van der Waals surface area contributed by atoms with E-state index in [1.165, 1.54) is 0 Å². The van der Waals surface area contributed by atoms with Crippen LogP contribution in [0.5, 0.6) is 17.4 Å². The van der Waals surface area contributed by atoms with E-state index >= 15 is 0 Å². The van der Waals surface area contributed by atoms with Crippen molar-refractivity contribution in [1.82, 2.24) is 9.97 Å². The lowest BCUT2D eigenvalue weighted by Gasteiger charge is -2.23. The fraction of sp³-hybridized carbons (Fsp3) is 0.238. The summed E-state index contributed by atoms with van der Waals surface area (Å²) < 4.78 is 51.5. The second-order valence-electron chi connectivity index (χ2n) is 6.50. The Morgan fingerprint density at radius 2 is 1.62 bits per heavy atom. The Morgan fingerprint density at radius 3 is 2.28 bits per heavy atom. The summed E-state index contributed by atoms with van der Waals surface area (Å²) in [4.78, 5) is 9.50. The van der Waals surface area contributed by atoms with Crippen LogP contribution in [0.3, 0.4) is 0 Å². The van der Waals surface area contributed by atoms with Crippen molar-refractivity contribution in [3.8, 4) is 17.4 Å². The minimum absolute atomic E-state index is 0.0451. The fourth-order valence-electron chi connectivity index (χ4n) is 2.59. The third-order valence-electron chi connectivity index (χ3n) is 3.89. The number of alkyl halides is 3. The van der Waals surface area contributed by atoms with E-state index in [9.17, 15) is 13.2 Å². The van der Waals surface area contributed by atoms with Crippen LogP contribution in [0.4, 0.5) is 24.8 Å². The number of nitrogens with zero attached hydrogens (tertiary/aromatic N) is 3. The summed E-state index contributed by atoms with van der Waals surface area (Å²) >= 11 is 0. The van der Waals surface area contributed by atoms with Gasteiger partial charge in [-0.3, -0.25) is 0 Å². The maximum Gasteiger partial charge on any atom is 0.423 e. The molecule has 5 nitrogen and oxygen atoms in total. The van der Waals surface area contributed by atoms with Crippen LogP contribution >= 0.6 is 0 Å². The Labute approximate surface area is 166 Å². The molecule has 0 aliphatic heterocycles. The Kier molecular flexibility index (Phi) is 5.91. The zero-order valence-corrected chi connectivity index (χ0v) is 16.1. The van der Waals surface area contributed by atoms with Gasteiger partial charge in [0.25, 0.3) is 0 Å². The van der Waals surface area contributed by atoms with E-state index in [1.54, 1.807) is 60.5 Å². The average molecular weight is 403 g/mol. The lowest BCUT2D eigenvalue weighted by molar-refractivity contribution is -0.139. The van der Waals surface area contributed by atoms with Gasteiger partial charge in [0.2, 0.25) is 11.8 Å². The van der Waals surface area contributed by atoms with E-state index < -0.39 is 17.6 Å². The van der Waals surface area contributed by atoms with Crippen LogP contribution in [-0.4, -0.2) is 23.1 Å². The minimum Gasteiger partial charge on any atom is -0.489 e. The van der Waals surface area contributed by atoms with Crippen LogP contribution in [0.15, 0.2) is 60.8 Å². The van der Waals surface area contributed by atoms with E-state index in [-0.39, 0.29) is 17.8 Å². The van der Waals surface area contributed by atoms with Crippen molar-refractivity contribution in [1.29, 1.82) is 0 Å². The number of ether oxygens (including phenoxy) is 2. The molecular weight excluding hydrogens is 383 g/mol. The predicted molar refractivity (Wildman–Crippen MR) is 104 cm³/mol. The van der Waals surface area contributed by atoms with Crippen LogP contribution in [0.25, 0.3) is 0 Å². The number of para-hydroxylation sites is 3. The molecule has 8 heteroatoms. The van der Waals surface area contributed by atoms with Gasteiger partial charge in [-0.2, -0.15) is 18.2 Å². The Bertz CT molecular complexity index is 963. The van der Waals surface area contributed by atoms with Gasteiger partial charge in [0.15, 0.2) is 0 Å². The predicted octanol–water partition coefficient (Wildman–Crippen LogP) is 5.84. The quantitative estimate of drug-likeness (QED) is 0.517. The number of hydrogen-bond donors (Lipinski definition) is 0. The van der Waals surface area contributed by atoms with Crippen LogP contribution in [0.2, 0.25) is 0 Å². The molecule has 0 spiro atoms. The Hall–Kier alpha value is -3.29. The number of halogens is 3. The highest BCUT2D eigenvalue weighted by atomic mass is 19.4. The molecule has 0 saturated carbocycles. The molecular formula is C21H20F3N3O2. The van der Waals surface area contributed by atoms with Crippen molar-refractivity contribution < 1.29 is 22.6 Å². The summed E-state index contributed by atoms with van der Waals surface area (Å²) in [5.41, 5.74) is -0.433. The highest BCUT2D eigenvalue weighted by Crippen LogP contribution is 2.38. The number of benzene rings is 2. The SMILES string of the molecule is CC(C)Oc1ccccc1N(C)c1ncc(C(F)(F)F)c(Oc2ccccc2)n1. The molecule has 0 atom stereocenters. The minimum atomic E-state index is -4.65. The molecule has 0 fully saturated rings. The number of hydrogen-bond acceptors (Lipinski definition) is 5. The third-order valence-corrected chi connectivity index (χ3v) is 3.89. The van der Waals surface area contributed by atoms with Crippen molar-refractivity contribution >= 4 is 11.6 Å². The van der Waals surface area contributed by atoms with Crippen LogP contribution in [0.1, 0.15) is 19.4 Å². The van der Waals surface area contributed by atoms with Crippen LogP contribution in [0, 0.1) is 0 Å². The molecule has 152 valence electrons. The van der Waals surface area contributed by atoms with Crippen molar-refractivity contribution in [2.75, 3.05) is 11.9 Å².